The summed E-state index contributed by atoms with van der Waals surface area (Å²) in [6.07, 6.45) is 2.60. The van der Waals surface area contributed by atoms with Crippen LogP contribution in [0.25, 0.3) is 0 Å². The first-order chi connectivity index (χ1) is 12.4. The van der Waals surface area contributed by atoms with Gasteiger partial charge in [0.1, 0.15) is 5.82 Å². The Morgan fingerprint density at radius 2 is 1.85 bits per heavy atom. The van der Waals surface area contributed by atoms with Gasteiger partial charge in [-0.05, 0) is 48.6 Å². The van der Waals surface area contributed by atoms with E-state index >= 15 is 0 Å². The summed E-state index contributed by atoms with van der Waals surface area (Å²) in [7, 11) is -3.62. The molecule has 0 spiro atoms. The van der Waals surface area contributed by atoms with Gasteiger partial charge in [0.25, 0.3) is 5.91 Å². The van der Waals surface area contributed by atoms with Crippen LogP contribution in [0.5, 0.6) is 0 Å². The molecule has 2 heterocycles. The summed E-state index contributed by atoms with van der Waals surface area (Å²) in [6.45, 7) is 5.15. The highest BCUT2D eigenvalue weighted by molar-refractivity contribution is 7.89. The molecule has 1 fully saturated rings. The number of piperidine rings is 1. The van der Waals surface area contributed by atoms with Crippen LogP contribution in [0.2, 0.25) is 0 Å². The minimum absolute atomic E-state index is 0.146. The number of hydrogen-bond donors (Lipinski definition) is 1. The Balaban J connectivity index is 1.83. The molecule has 1 aliphatic rings. The molecule has 0 saturated carbocycles. The SMILES string of the molecule is CC1CC(C)CN(S(=O)(=O)c2cccc(C(=O)Nc3ccccn3)c2)C1. The normalized spacial score (nSPS) is 21.3. The molecule has 1 saturated heterocycles. The number of hydrogen-bond acceptors (Lipinski definition) is 4. The number of pyridine rings is 1. The Bertz CT molecular complexity index is 874. The van der Waals surface area contributed by atoms with E-state index in [-0.39, 0.29) is 16.4 Å². The number of aromatic nitrogens is 1. The molecule has 1 amide bonds. The van der Waals surface area contributed by atoms with Crippen molar-refractivity contribution in [1.82, 2.24) is 9.29 Å². The Kier molecular flexibility index (Phi) is 5.38. The van der Waals surface area contributed by atoms with Gasteiger partial charge >= 0.3 is 0 Å². The number of nitrogens with one attached hydrogen (secondary N) is 1. The number of anilines is 1. The molecule has 3 rings (SSSR count). The van der Waals surface area contributed by atoms with Crippen molar-refractivity contribution in [1.29, 1.82) is 0 Å². The van der Waals surface area contributed by atoms with Crippen molar-refractivity contribution in [2.45, 2.75) is 25.2 Å². The highest BCUT2D eigenvalue weighted by Gasteiger charge is 2.31. The molecule has 26 heavy (non-hydrogen) atoms. The van der Waals surface area contributed by atoms with E-state index in [0.717, 1.165) is 6.42 Å². The minimum atomic E-state index is -3.62. The topological polar surface area (TPSA) is 79.4 Å². The lowest BCUT2D eigenvalue weighted by Gasteiger charge is -2.34. The van der Waals surface area contributed by atoms with E-state index in [1.54, 1.807) is 36.5 Å². The monoisotopic (exact) mass is 373 g/mol. The quantitative estimate of drug-likeness (QED) is 0.893. The Hall–Kier alpha value is -2.25. The standard InChI is InChI=1S/C19H23N3O3S/c1-14-10-15(2)13-22(12-14)26(24,25)17-7-5-6-16(11-17)19(23)21-18-8-3-4-9-20-18/h3-9,11,14-15H,10,12-13H2,1-2H3,(H,20,21,23). The van der Waals surface area contributed by atoms with Gasteiger partial charge in [0.2, 0.25) is 10.0 Å². The summed E-state index contributed by atoms with van der Waals surface area (Å²) in [6, 6.07) is 11.4. The summed E-state index contributed by atoms with van der Waals surface area (Å²) < 4.78 is 27.5. The highest BCUT2D eigenvalue weighted by Crippen LogP contribution is 2.27. The molecule has 2 atom stereocenters. The maximum atomic E-state index is 13.0. The molecule has 6 nitrogen and oxygen atoms in total. The van der Waals surface area contributed by atoms with Crippen LogP contribution in [0.15, 0.2) is 53.6 Å². The second-order valence-electron chi connectivity index (χ2n) is 6.96. The first-order valence-corrected chi connectivity index (χ1v) is 10.1. The molecular formula is C19H23N3O3S. The lowest BCUT2D eigenvalue weighted by molar-refractivity contribution is 0.102. The van der Waals surface area contributed by atoms with E-state index in [4.69, 9.17) is 0 Å². The molecule has 1 aromatic heterocycles. The fourth-order valence-corrected chi connectivity index (χ4v) is 5.10. The van der Waals surface area contributed by atoms with E-state index in [0.29, 0.717) is 30.7 Å². The van der Waals surface area contributed by atoms with Crippen molar-refractivity contribution in [2.75, 3.05) is 18.4 Å². The molecule has 138 valence electrons. The third-order valence-corrected chi connectivity index (χ3v) is 6.30. The lowest BCUT2D eigenvalue weighted by atomic mass is 9.94. The van der Waals surface area contributed by atoms with E-state index in [1.165, 1.54) is 16.4 Å². The van der Waals surface area contributed by atoms with Crippen LogP contribution >= 0.6 is 0 Å². The first-order valence-electron chi connectivity index (χ1n) is 8.69. The molecule has 0 bridgehead atoms. The Labute approximate surface area is 154 Å². The van der Waals surface area contributed by atoms with Crippen LogP contribution in [-0.2, 0) is 10.0 Å². The fraction of sp³-hybridized carbons (Fsp3) is 0.368. The predicted molar refractivity (Wildman–Crippen MR) is 100 cm³/mol. The van der Waals surface area contributed by atoms with Gasteiger partial charge in [-0.2, -0.15) is 4.31 Å². The van der Waals surface area contributed by atoms with Crippen molar-refractivity contribution in [2.24, 2.45) is 11.8 Å². The molecule has 7 heteroatoms. The second-order valence-corrected chi connectivity index (χ2v) is 8.90. The van der Waals surface area contributed by atoms with Crippen molar-refractivity contribution in [3.05, 3.63) is 54.2 Å². The van der Waals surface area contributed by atoms with Crippen LogP contribution in [0.3, 0.4) is 0 Å². The average molecular weight is 373 g/mol. The van der Waals surface area contributed by atoms with Gasteiger partial charge in [0, 0.05) is 24.8 Å². The van der Waals surface area contributed by atoms with Crippen LogP contribution in [0, 0.1) is 11.8 Å². The summed E-state index contributed by atoms with van der Waals surface area (Å²) in [5, 5.41) is 2.67. The molecule has 1 aromatic carbocycles. The molecule has 1 N–H and O–H groups in total. The number of sulfonamides is 1. The van der Waals surface area contributed by atoms with Gasteiger partial charge in [-0.3, -0.25) is 4.79 Å². The summed E-state index contributed by atoms with van der Waals surface area (Å²) >= 11 is 0. The van der Waals surface area contributed by atoms with Crippen molar-refractivity contribution in [3.8, 4) is 0 Å². The third kappa shape index (κ3) is 4.11. The maximum Gasteiger partial charge on any atom is 0.256 e. The molecule has 0 aliphatic carbocycles. The van der Waals surface area contributed by atoms with Gasteiger partial charge in [-0.1, -0.05) is 26.0 Å². The first kappa shape index (κ1) is 18.5. The molecular weight excluding hydrogens is 350 g/mol. The van der Waals surface area contributed by atoms with Crippen LogP contribution in [-0.4, -0.2) is 36.7 Å². The second kappa shape index (κ2) is 7.55. The Morgan fingerprint density at radius 3 is 2.50 bits per heavy atom. The largest absolute Gasteiger partial charge is 0.307 e. The van der Waals surface area contributed by atoms with Crippen molar-refractivity contribution >= 4 is 21.7 Å². The van der Waals surface area contributed by atoms with Gasteiger partial charge in [-0.25, -0.2) is 13.4 Å². The van der Waals surface area contributed by atoms with E-state index in [1.807, 2.05) is 0 Å². The highest BCUT2D eigenvalue weighted by atomic mass is 32.2. The predicted octanol–water partition coefficient (Wildman–Crippen LogP) is 3.00. The molecule has 2 aromatic rings. The summed E-state index contributed by atoms with van der Waals surface area (Å²) in [5.74, 6) is 0.680. The van der Waals surface area contributed by atoms with Crippen LogP contribution in [0.1, 0.15) is 30.6 Å². The zero-order chi connectivity index (χ0) is 18.7. The number of rotatable bonds is 4. The van der Waals surface area contributed by atoms with Crippen LogP contribution < -0.4 is 5.32 Å². The lowest BCUT2D eigenvalue weighted by Crippen LogP contribution is -2.42. The number of nitrogens with zero attached hydrogens (tertiary/aromatic N) is 2. The van der Waals surface area contributed by atoms with Gasteiger partial charge in [0.05, 0.1) is 4.90 Å². The number of carbonyl (C=O) groups is 1. The van der Waals surface area contributed by atoms with Gasteiger partial charge < -0.3 is 5.32 Å². The Morgan fingerprint density at radius 1 is 1.12 bits per heavy atom. The van der Waals surface area contributed by atoms with Crippen molar-refractivity contribution < 1.29 is 13.2 Å². The summed E-state index contributed by atoms with van der Waals surface area (Å²) in [5.41, 5.74) is 0.287. The van der Waals surface area contributed by atoms with Gasteiger partial charge in [-0.15, -0.1) is 0 Å². The smallest absolute Gasteiger partial charge is 0.256 e. The zero-order valence-electron chi connectivity index (χ0n) is 14.9. The van der Waals surface area contributed by atoms with E-state index in [9.17, 15) is 13.2 Å². The average Bonchev–Trinajstić information content (AvgIpc) is 2.62. The van der Waals surface area contributed by atoms with E-state index in [2.05, 4.69) is 24.1 Å². The number of carbonyl (C=O) groups excluding carboxylic acids is 1. The van der Waals surface area contributed by atoms with Crippen molar-refractivity contribution in [3.63, 3.8) is 0 Å². The number of amides is 1. The van der Waals surface area contributed by atoms with Gasteiger partial charge in [0.15, 0.2) is 0 Å². The zero-order valence-corrected chi connectivity index (χ0v) is 15.7. The maximum absolute atomic E-state index is 13.0. The molecule has 1 aliphatic heterocycles. The summed E-state index contributed by atoms with van der Waals surface area (Å²) in [4.78, 5) is 16.6. The molecule has 0 radical (unpaired) electrons. The fourth-order valence-electron chi connectivity index (χ4n) is 3.37. The minimum Gasteiger partial charge on any atom is -0.307 e. The van der Waals surface area contributed by atoms with Crippen LogP contribution in [0.4, 0.5) is 5.82 Å². The van der Waals surface area contributed by atoms with E-state index < -0.39 is 10.0 Å². The third-order valence-electron chi connectivity index (χ3n) is 4.48. The molecule has 2 unspecified atom stereocenters. The number of benzene rings is 1.